The summed E-state index contributed by atoms with van der Waals surface area (Å²) >= 11 is 0. The molecule has 0 aliphatic heterocycles. The zero-order chi connectivity index (χ0) is 15.3. The van der Waals surface area contributed by atoms with E-state index in [4.69, 9.17) is 5.73 Å². The Hall–Kier alpha value is -1.49. The van der Waals surface area contributed by atoms with Crippen LogP contribution < -0.4 is 11.1 Å². The van der Waals surface area contributed by atoms with Gasteiger partial charge in [-0.25, -0.2) is 8.78 Å². The fourth-order valence-corrected chi connectivity index (χ4v) is 2.23. The molecule has 1 aromatic rings. The van der Waals surface area contributed by atoms with Crippen molar-refractivity contribution in [2.24, 2.45) is 11.1 Å². The predicted molar refractivity (Wildman–Crippen MR) is 75.0 cm³/mol. The molecular formula is C15H22F2N2O. The fraction of sp³-hybridized carbons (Fsp3) is 0.533. The smallest absolute Gasteiger partial charge is 0.227 e. The van der Waals surface area contributed by atoms with Gasteiger partial charge in [0.05, 0.1) is 11.5 Å². The SMILES string of the molecule is CCC(CC)(CN)C(=O)NC(C)c1ccc(F)cc1F. The van der Waals surface area contributed by atoms with E-state index in [1.165, 1.54) is 12.1 Å². The lowest BCUT2D eigenvalue weighted by atomic mass is 9.81. The third kappa shape index (κ3) is 3.33. The number of benzene rings is 1. The van der Waals surface area contributed by atoms with Crippen molar-refractivity contribution in [1.82, 2.24) is 5.32 Å². The molecule has 0 aliphatic rings. The summed E-state index contributed by atoms with van der Waals surface area (Å²) in [6.07, 6.45) is 1.23. The van der Waals surface area contributed by atoms with Gasteiger partial charge < -0.3 is 11.1 Å². The zero-order valence-electron chi connectivity index (χ0n) is 12.2. The molecule has 20 heavy (non-hydrogen) atoms. The van der Waals surface area contributed by atoms with E-state index in [1.807, 2.05) is 13.8 Å². The average Bonchev–Trinajstić information content (AvgIpc) is 2.41. The van der Waals surface area contributed by atoms with Gasteiger partial charge in [0, 0.05) is 18.2 Å². The topological polar surface area (TPSA) is 55.1 Å². The number of amides is 1. The molecule has 0 saturated carbocycles. The number of nitrogens with two attached hydrogens (primary N) is 1. The molecule has 0 fully saturated rings. The Kier molecular flexibility index (Phi) is 5.62. The van der Waals surface area contributed by atoms with Crippen LogP contribution >= 0.6 is 0 Å². The Morgan fingerprint density at radius 3 is 2.40 bits per heavy atom. The highest BCUT2D eigenvalue weighted by molar-refractivity contribution is 5.83. The number of hydrogen-bond donors (Lipinski definition) is 2. The second kappa shape index (κ2) is 6.79. The number of carbonyl (C=O) groups is 1. The number of carbonyl (C=O) groups excluding carboxylic acids is 1. The first-order chi connectivity index (χ1) is 9.40. The molecule has 0 bridgehead atoms. The summed E-state index contributed by atoms with van der Waals surface area (Å²) < 4.78 is 26.6. The quantitative estimate of drug-likeness (QED) is 0.844. The van der Waals surface area contributed by atoms with Crippen molar-refractivity contribution in [3.8, 4) is 0 Å². The summed E-state index contributed by atoms with van der Waals surface area (Å²) in [7, 11) is 0. The van der Waals surface area contributed by atoms with Crippen LogP contribution in [0.4, 0.5) is 8.78 Å². The Bertz CT molecular complexity index is 465. The highest BCUT2D eigenvalue weighted by Gasteiger charge is 2.34. The lowest BCUT2D eigenvalue weighted by Crippen LogP contribution is -2.46. The molecular weight excluding hydrogens is 262 g/mol. The van der Waals surface area contributed by atoms with Crippen molar-refractivity contribution in [3.05, 3.63) is 35.4 Å². The van der Waals surface area contributed by atoms with Crippen molar-refractivity contribution in [2.75, 3.05) is 6.54 Å². The van der Waals surface area contributed by atoms with Gasteiger partial charge in [-0.3, -0.25) is 4.79 Å². The Morgan fingerprint density at radius 2 is 1.95 bits per heavy atom. The number of nitrogens with one attached hydrogen (secondary N) is 1. The Labute approximate surface area is 118 Å². The molecule has 1 amide bonds. The standard InChI is InChI=1S/C15H22F2N2O/c1-4-15(5-2,9-18)14(20)19-10(3)12-7-6-11(16)8-13(12)17/h6-8,10H,4-5,9,18H2,1-3H3,(H,19,20). The molecule has 3 N–H and O–H groups in total. The molecule has 5 heteroatoms. The van der Waals surface area contributed by atoms with E-state index in [9.17, 15) is 13.6 Å². The van der Waals surface area contributed by atoms with Gasteiger partial charge in [0.25, 0.3) is 0 Å². The van der Waals surface area contributed by atoms with Crippen molar-refractivity contribution >= 4 is 5.91 Å². The summed E-state index contributed by atoms with van der Waals surface area (Å²) in [6, 6.07) is 2.80. The Balaban J connectivity index is 2.89. The van der Waals surface area contributed by atoms with Crippen LogP contribution in [0.25, 0.3) is 0 Å². The van der Waals surface area contributed by atoms with E-state index in [0.29, 0.717) is 12.8 Å². The van der Waals surface area contributed by atoms with E-state index < -0.39 is 23.1 Å². The second-order valence-corrected chi connectivity index (χ2v) is 5.05. The van der Waals surface area contributed by atoms with Crippen LogP contribution in [-0.2, 0) is 4.79 Å². The summed E-state index contributed by atoms with van der Waals surface area (Å²) in [6.45, 7) is 5.71. The highest BCUT2D eigenvalue weighted by atomic mass is 19.1. The summed E-state index contributed by atoms with van der Waals surface area (Å²) in [5.41, 5.74) is 5.34. The molecule has 0 aromatic heterocycles. The van der Waals surface area contributed by atoms with Crippen molar-refractivity contribution in [3.63, 3.8) is 0 Å². The molecule has 0 heterocycles. The number of halogens is 2. The normalized spacial score (nSPS) is 13.1. The first kappa shape index (κ1) is 16.6. The first-order valence-electron chi connectivity index (χ1n) is 6.86. The summed E-state index contributed by atoms with van der Waals surface area (Å²) in [4.78, 5) is 12.3. The van der Waals surface area contributed by atoms with Gasteiger partial charge in [0.1, 0.15) is 11.6 Å². The number of rotatable bonds is 6. The van der Waals surface area contributed by atoms with Crippen LogP contribution in [0.2, 0.25) is 0 Å². The van der Waals surface area contributed by atoms with Gasteiger partial charge >= 0.3 is 0 Å². The predicted octanol–water partition coefficient (Wildman–Crippen LogP) is 2.91. The zero-order valence-corrected chi connectivity index (χ0v) is 12.2. The van der Waals surface area contributed by atoms with Crippen LogP contribution in [0.3, 0.4) is 0 Å². The maximum atomic E-state index is 13.7. The summed E-state index contributed by atoms with van der Waals surface area (Å²) in [5.74, 6) is -1.49. The first-order valence-corrected chi connectivity index (χ1v) is 6.86. The van der Waals surface area contributed by atoms with E-state index in [-0.39, 0.29) is 18.0 Å². The summed E-state index contributed by atoms with van der Waals surface area (Å²) in [5, 5.41) is 2.77. The molecule has 3 nitrogen and oxygen atoms in total. The fourth-order valence-electron chi connectivity index (χ4n) is 2.23. The number of hydrogen-bond acceptors (Lipinski definition) is 2. The maximum Gasteiger partial charge on any atom is 0.227 e. The van der Waals surface area contributed by atoms with Crippen LogP contribution in [-0.4, -0.2) is 12.5 Å². The lowest BCUT2D eigenvalue weighted by molar-refractivity contribution is -0.131. The molecule has 0 saturated heterocycles. The van der Waals surface area contributed by atoms with Gasteiger partial charge in [-0.2, -0.15) is 0 Å². The van der Waals surface area contributed by atoms with E-state index in [1.54, 1.807) is 6.92 Å². The minimum atomic E-state index is -0.663. The molecule has 0 spiro atoms. The minimum Gasteiger partial charge on any atom is -0.349 e. The molecule has 1 atom stereocenters. The highest BCUT2D eigenvalue weighted by Crippen LogP contribution is 2.27. The molecule has 0 aliphatic carbocycles. The van der Waals surface area contributed by atoms with Gasteiger partial charge in [0.15, 0.2) is 0 Å². The average molecular weight is 284 g/mol. The van der Waals surface area contributed by atoms with Crippen LogP contribution in [0.15, 0.2) is 18.2 Å². The molecule has 1 unspecified atom stereocenters. The largest absolute Gasteiger partial charge is 0.349 e. The third-order valence-corrected chi connectivity index (χ3v) is 4.00. The molecule has 0 radical (unpaired) electrons. The monoisotopic (exact) mass is 284 g/mol. The van der Waals surface area contributed by atoms with Crippen molar-refractivity contribution in [1.29, 1.82) is 0 Å². The lowest BCUT2D eigenvalue weighted by Gasteiger charge is -2.30. The van der Waals surface area contributed by atoms with Crippen molar-refractivity contribution in [2.45, 2.75) is 39.7 Å². The second-order valence-electron chi connectivity index (χ2n) is 5.05. The minimum absolute atomic E-state index is 0.193. The van der Waals surface area contributed by atoms with Crippen LogP contribution in [0.5, 0.6) is 0 Å². The van der Waals surface area contributed by atoms with Crippen LogP contribution in [0, 0.1) is 17.0 Å². The molecule has 1 rings (SSSR count). The van der Waals surface area contributed by atoms with Gasteiger partial charge in [-0.15, -0.1) is 0 Å². The van der Waals surface area contributed by atoms with Crippen LogP contribution in [0.1, 0.15) is 45.2 Å². The van der Waals surface area contributed by atoms with Gasteiger partial charge in [-0.05, 0) is 25.8 Å². The van der Waals surface area contributed by atoms with Crippen molar-refractivity contribution < 1.29 is 13.6 Å². The van der Waals surface area contributed by atoms with E-state index in [0.717, 1.165) is 6.07 Å². The van der Waals surface area contributed by atoms with E-state index >= 15 is 0 Å². The molecule has 112 valence electrons. The maximum absolute atomic E-state index is 13.7. The van der Waals surface area contributed by atoms with E-state index in [2.05, 4.69) is 5.32 Å². The Morgan fingerprint density at radius 1 is 1.35 bits per heavy atom. The molecule has 1 aromatic carbocycles. The van der Waals surface area contributed by atoms with Gasteiger partial charge in [-0.1, -0.05) is 19.9 Å². The van der Waals surface area contributed by atoms with Gasteiger partial charge in [0.2, 0.25) is 5.91 Å². The third-order valence-electron chi connectivity index (χ3n) is 4.00.